The van der Waals surface area contributed by atoms with Crippen molar-refractivity contribution in [2.24, 2.45) is 0 Å². The molecule has 2 aromatic carbocycles. The van der Waals surface area contributed by atoms with Gasteiger partial charge in [-0.3, -0.25) is 9.71 Å². The molecule has 0 saturated carbocycles. The number of anilines is 1. The third kappa shape index (κ3) is 3.02. The molecule has 7 heteroatoms. The normalized spacial score (nSPS) is 11.5. The quantitative estimate of drug-likeness (QED) is 0.762. The Balaban J connectivity index is 2.07. The van der Waals surface area contributed by atoms with Crippen LogP contribution in [0.4, 0.5) is 5.69 Å². The smallest absolute Gasteiger partial charge is 0.262 e. The molecule has 22 heavy (non-hydrogen) atoms. The molecule has 0 unspecified atom stereocenters. The summed E-state index contributed by atoms with van der Waals surface area (Å²) in [6, 6.07) is 12.9. The zero-order chi connectivity index (χ0) is 15.7. The van der Waals surface area contributed by atoms with Gasteiger partial charge in [-0.25, -0.2) is 8.42 Å². The van der Waals surface area contributed by atoms with Crippen molar-refractivity contribution < 1.29 is 8.42 Å². The van der Waals surface area contributed by atoms with E-state index in [1.54, 1.807) is 30.5 Å². The summed E-state index contributed by atoms with van der Waals surface area (Å²) in [5, 5.41) is 1.22. The Morgan fingerprint density at radius 1 is 0.955 bits per heavy atom. The molecule has 0 bridgehead atoms. The molecule has 0 spiro atoms. The number of pyridine rings is 1. The van der Waals surface area contributed by atoms with Crippen LogP contribution in [0.2, 0.25) is 10.0 Å². The molecule has 0 aliphatic carbocycles. The van der Waals surface area contributed by atoms with Crippen molar-refractivity contribution in [3.05, 3.63) is 64.8 Å². The highest BCUT2D eigenvalue weighted by Gasteiger charge is 2.17. The minimum atomic E-state index is -3.80. The molecular weight excluding hydrogens is 343 g/mol. The monoisotopic (exact) mass is 352 g/mol. The zero-order valence-electron chi connectivity index (χ0n) is 11.1. The Bertz CT molecular complexity index is 933. The second-order valence-electron chi connectivity index (χ2n) is 4.59. The predicted octanol–water partition coefficient (Wildman–Crippen LogP) is 4.34. The van der Waals surface area contributed by atoms with E-state index in [1.807, 2.05) is 6.07 Å². The molecule has 1 N–H and O–H groups in total. The van der Waals surface area contributed by atoms with Gasteiger partial charge in [-0.1, -0.05) is 29.3 Å². The van der Waals surface area contributed by atoms with Gasteiger partial charge in [0.2, 0.25) is 0 Å². The van der Waals surface area contributed by atoms with Crippen LogP contribution in [-0.4, -0.2) is 13.4 Å². The van der Waals surface area contributed by atoms with E-state index in [0.717, 1.165) is 0 Å². The lowest BCUT2D eigenvalue weighted by Gasteiger charge is -2.11. The summed E-state index contributed by atoms with van der Waals surface area (Å²) in [5.74, 6) is 0. The van der Waals surface area contributed by atoms with Gasteiger partial charge in [0.15, 0.2) is 0 Å². The Morgan fingerprint density at radius 3 is 2.41 bits per heavy atom. The fourth-order valence-electron chi connectivity index (χ4n) is 2.08. The van der Waals surface area contributed by atoms with Crippen LogP contribution < -0.4 is 4.72 Å². The van der Waals surface area contributed by atoms with E-state index >= 15 is 0 Å². The van der Waals surface area contributed by atoms with Crippen molar-refractivity contribution in [3.8, 4) is 0 Å². The van der Waals surface area contributed by atoms with E-state index in [4.69, 9.17) is 23.2 Å². The number of benzene rings is 2. The van der Waals surface area contributed by atoms with Gasteiger partial charge in [-0.15, -0.1) is 0 Å². The third-order valence-corrected chi connectivity index (χ3v) is 4.82. The summed E-state index contributed by atoms with van der Waals surface area (Å²) in [7, 11) is -3.80. The molecule has 0 amide bonds. The number of nitrogens with zero attached hydrogens (tertiary/aromatic N) is 1. The van der Waals surface area contributed by atoms with Gasteiger partial charge in [0.1, 0.15) is 0 Å². The van der Waals surface area contributed by atoms with E-state index < -0.39 is 10.0 Å². The minimum absolute atomic E-state index is 0.00546. The fourth-order valence-corrected chi connectivity index (χ4v) is 3.88. The van der Waals surface area contributed by atoms with Crippen molar-refractivity contribution in [1.82, 2.24) is 4.98 Å². The first kappa shape index (κ1) is 15.1. The van der Waals surface area contributed by atoms with Gasteiger partial charge in [-0.2, -0.15) is 0 Å². The van der Waals surface area contributed by atoms with Crippen molar-refractivity contribution in [2.45, 2.75) is 4.90 Å². The zero-order valence-corrected chi connectivity index (χ0v) is 13.5. The average Bonchev–Trinajstić information content (AvgIpc) is 2.46. The van der Waals surface area contributed by atoms with Crippen molar-refractivity contribution >= 4 is 49.8 Å². The lowest BCUT2D eigenvalue weighted by atomic mass is 10.2. The van der Waals surface area contributed by atoms with Gasteiger partial charge in [-0.05, 0) is 42.5 Å². The maximum atomic E-state index is 12.5. The summed E-state index contributed by atoms with van der Waals surface area (Å²) in [4.78, 5) is 4.20. The Hall–Kier alpha value is -1.82. The number of hydrogen-bond donors (Lipinski definition) is 1. The molecule has 0 aliphatic rings. The number of nitrogens with one attached hydrogen (secondary N) is 1. The molecule has 0 aliphatic heterocycles. The second kappa shape index (κ2) is 5.76. The summed E-state index contributed by atoms with van der Waals surface area (Å²) < 4.78 is 27.5. The molecule has 3 rings (SSSR count). The minimum Gasteiger partial charge on any atom is -0.279 e. The van der Waals surface area contributed by atoms with E-state index in [9.17, 15) is 8.42 Å². The van der Waals surface area contributed by atoms with E-state index in [0.29, 0.717) is 16.6 Å². The third-order valence-electron chi connectivity index (χ3n) is 3.04. The molecule has 1 aromatic heterocycles. The lowest BCUT2D eigenvalue weighted by Crippen LogP contribution is -2.13. The van der Waals surface area contributed by atoms with E-state index in [2.05, 4.69) is 9.71 Å². The van der Waals surface area contributed by atoms with Gasteiger partial charge < -0.3 is 0 Å². The first-order valence-electron chi connectivity index (χ1n) is 6.28. The predicted molar refractivity (Wildman–Crippen MR) is 89.0 cm³/mol. The van der Waals surface area contributed by atoms with Crippen LogP contribution in [0.25, 0.3) is 10.9 Å². The maximum Gasteiger partial charge on any atom is 0.262 e. The van der Waals surface area contributed by atoms with Crippen molar-refractivity contribution in [2.75, 3.05) is 4.72 Å². The average molecular weight is 353 g/mol. The maximum absolute atomic E-state index is 12.5. The van der Waals surface area contributed by atoms with E-state index in [-0.39, 0.29) is 14.9 Å². The molecule has 112 valence electrons. The summed E-state index contributed by atoms with van der Waals surface area (Å²) in [6.45, 7) is 0. The summed E-state index contributed by atoms with van der Waals surface area (Å²) >= 11 is 11.7. The largest absolute Gasteiger partial charge is 0.279 e. The molecule has 4 nitrogen and oxygen atoms in total. The van der Waals surface area contributed by atoms with Gasteiger partial charge in [0.05, 0.1) is 16.1 Å². The van der Waals surface area contributed by atoms with Crippen LogP contribution in [0.5, 0.6) is 0 Å². The second-order valence-corrected chi connectivity index (χ2v) is 7.14. The van der Waals surface area contributed by atoms with Crippen molar-refractivity contribution in [3.63, 3.8) is 0 Å². The number of fused-ring (bicyclic) bond motifs is 1. The standard InChI is InChI=1S/C15H10Cl2N2O2S/c16-10-7-11(17)9-12(8-10)22(20,21)19-15-5-1-4-14-13(15)3-2-6-18-14/h1-9,19H. The van der Waals surface area contributed by atoms with Crippen LogP contribution in [0.3, 0.4) is 0 Å². The first-order valence-corrected chi connectivity index (χ1v) is 8.52. The SMILES string of the molecule is O=S(=O)(Nc1cccc2ncccc12)c1cc(Cl)cc(Cl)c1. The first-order chi connectivity index (χ1) is 10.5. The van der Waals surface area contributed by atoms with Gasteiger partial charge in [0, 0.05) is 21.6 Å². The molecule has 0 radical (unpaired) electrons. The van der Waals surface area contributed by atoms with Crippen LogP contribution in [-0.2, 0) is 10.0 Å². The molecule has 0 fully saturated rings. The van der Waals surface area contributed by atoms with Gasteiger partial charge in [0.25, 0.3) is 10.0 Å². The highest BCUT2D eigenvalue weighted by molar-refractivity contribution is 7.92. The fraction of sp³-hybridized carbons (Fsp3) is 0. The number of hydrogen-bond acceptors (Lipinski definition) is 3. The Labute approximate surface area is 137 Å². The Morgan fingerprint density at radius 2 is 1.68 bits per heavy atom. The van der Waals surface area contributed by atoms with Crippen LogP contribution in [0.15, 0.2) is 59.6 Å². The summed E-state index contributed by atoms with van der Waals surface area (Å²) in [6.07, 6.45) is 1.65. The van der Waals surface area contributed by atoms with Crippen LogP contribution in [0.1, 0.15) is 0 Å². The van der Waals surface area contributed by atoms with Crippen molar-refractivity contribution in [1.29, 1.82) is 0 Å². The molecule has 3 aromatic rings. The number of sulfonamides is 1. The molecular formula is C15H10Cl2N2O2S. The highest BCUT2D eigenvalue weighted by Crippen LogP contribution is 2.27. The van der Waals surface area contributed by atoms with Gasteiger partial charge >= 0.3 is 0 Å². The topological polar surface area (TPSA) is 59.1 Å². The number of halogens is 2. The molecule has 1 heterocycles. The number of aromatic nitrogens is 1. The summed E-state index contributed by atoms with van der Waals surface area (Å²) in [5.41, 5.74) is 1.15. The Kier molecular flexibility index (Phi) is 3.95. The van der Waals surface area contributed by atoms with Crippen LogP contribution in [0, 0.1) is 0 Å². The molecule has 0 saturated heterocycles. The van der Waals surface area contributed by atoms with Crippen LogP contribution >= 0.6 is 23.2 Å². The highest BCUT2D eigenvalue weighted by atomic mass is 35.5. The van der Waals surface area contributed by atoms with E-state index in [1.165, 1.54) is 18.2 Å². The molecule has 0 atom stereocenters. The lowest BCUT2D eigenvalue weighted by molar-refractivity contribution is 0.601. The number of rotatable bonds is 3.